The van der Waals surface area contributed by atoms with Gasteiger partial charge < -0.3 is 5.11 Å². The van der Waals surface area contributed by atoms with Crippen LogP contribution >= 0.6 is 38.6 Å². The van der Waals surface area contributed by atoms with Crippen molar-refractivity contribution in [2.75, 3.05) is 0 Å². The second-order valence-electron chi connectivity index (χ2n) is 2.98. The molecule has 2 heterocycles. The summed E-state index contributed by atoms with van der Waals surface area (Å²) in [6, 6.07) is 5.91. The van der Waals surface area contributed by atoms with E-state index in [4.69, 9.17) is 0 Å². The summed E-state index contributed by atoms with van der Waals surface area (Å²) in [5.41, 5.74) is 1.00. The van der Waals surface area contributed by atoms with E-state index in [9.17, 15) is 5.11 Å². The van der Waals surface area contributed by atoms with Crippen molar-refractivity contribution < 1.29 is 5.11 Å². The lowest BCUT2D eigenvalue weighted by Crippen LogP contribution is -1.96. The fourth-order valence-electron chi connectivity index (χ4n) is 1.33. The molecule has 74 valence electrons. The maximum absolute atomic E-state index is 10.1. The highest BCUT2D eigenvalue weighted by molar-refractivity contribution is 9.11. The Labute approximate surface area is 99.2 Å². The average Bonchev–Trinajstić information content (AvgIpc) is 2.73. The van der Waals surface area contributed by atoms with E-state index in [0.717, 1.165) is 19.1 Å². The summed E-state index contributed by atoms with van der Waals surface area (Å²) < 4.78 is 1.07. The number of rotatable bonds is 2. The van der Waals surface area contributed by atoms with Crippen LogP contribution in [0.5, 0.6) is 0 Å². The van der Waals surface area contributed by atoms with E-state index in [-0.39, 0.29) is 0 Å². The summed E-state index contributed by atoms with van der Waals surface area (Å²) in [5, 5.41) is 12.1. The Hall–Kier alpha value is -0.160. The topological polar surface area (TPSA) is 20.2 Å². The first-order valence-electron chi connectivity index (χ1n) is 4.16. The highest BCUT2D eigenvalue weighted by Gasteiger charge is 2.15. The van der Waals surface area contributed by atoms with Crippen LogP contribution in [0.1, 0.15) is 21.4 Å². The van der Waals surface area contributed by atoms with Gasteiger partial charge in [0.25, 0.3) is 0 Å². The zero-order chi connectivity index (χ0) is 10.1. The molecule has 14 heavy (non-hydrogen) atoms. The van der Waals surface area contributed by atoms with Crippen molar-refractivity contribution in [3.05, 3.63) is 42.7 Å². The molecule has 2 aromatic heterocycles. The van der Waals surface area contributed by atoms with Crippen LogP contribution in [0.3, 0.4) is 0 Å². The van der Waals surface area contributed by atoms with Crippen LogP contribution in [0.25, 0.3) is 0 Å². The molecular formula is C10H9BrOS2. The predicted molar refractivity (Wildman–Crippen MR) is 65.1 cm³/mol. The van der Waals surface area contributed by atoms with Gasteiger partial charge >= 0.3 is 0 Å². The third-order valence-corrected chi connectivity index (χ3v) is 4.53. The van der Waals surface area contributed by atoms with Gasteiger partial charge in [0, 0.05) is 15.3 Å². The maximum atomic E-state index is 10.1. The van der Waals surface area contributed by atoms with Gasteiger partial charge in [-0.2, -0.15) is 0 Å². The van der Waals surface area contributed by atoms with E-state index < -0.39 is 6.10 Å². The highest BCUT2D eigenvalue weighted by Crippen LogP contribution is 2.34. The van der Waals surface area contributed by atoms with Gasteiger partial charge in [-0.05, 0) is 40.4 Å². The average molecular weight is 289 g/mol. The van der Waals surface area contributed by atoms with Gasteiger partial charge in [0.05, 0.1) is 3.79 Å². The first-order valence-corrected chi connectivity index (χ1v) is 6.64. The summed E-state index contributed by atoms with van der Waals surface area (Å²) in [6.45, 7) is 2.03. The Kier molecular flexibility index (Phi) is 3.07. The largest absolute Gasteiger partial charge is 0.383 e. The molecule has 0 aliphatic carbocycles. The number of aliphatic hydroxyl groups excluding tert-OH is 1. The van der Waals surface area contributed by atoms with Gasteiger partial charge in [-0.1, -0.05) is 6.07 Å². The predicted octanol–water partition coefficient (Wildman–Crippen LogP) is 3.96. The number of hydrogen-bond donors (Lipinski definition) is 1. The van der Waals surface area contributed by atoms with Gasteiger partial charge in [0.1, 0.15) is 6.10 Å². The van der Waals surface area contributed by atoms with E-state index in [1.165, 1.54) is 0 Å². The highest BCUT2D eigenvalue weighted by atomic mass is 79.9. The van der Waals surface area contributed by atoms with Crippen LogP contribution in [0.2, 0.25) is 0 Å². The summed E-state index contributed by atoms with van der Waals surface area (Å²) in [6.07, 6.45) is -0.474. The molecule has 0 fully saturated rings. The standard InChI is InChI=1S/C10H9BrOS2/c1-6-7(5-9(11)14-6)10(12)8-3-2-4-13-8/h2-5,10,12H,1H3. The van der Waals surface area contributed by atoms with Gasteiger partial charge in [-0.3, -0.25) is 0 Å². The van der Waals surface area contributed by atoms with Crippen molar-refractivity contribution >= 4 is 38.6 Å². The third-order valence-electron chi connectivity index (χ3n) is 2.03. The maximum Gasteiger partial charge on any atom is 0.114 e. The molecule has 0 amide bonds. The van der Waals surface area contributed by atoms with Gasteiger partial charge in [0.2, 0.25) is 0 Å². The fourth-order valence-corrected chi connectivity index (χ4v) is 3.80. The molecule has 2 aromatic rings. The van der Waals surface area contributed by atoms with Crippen LogP contribution in [0.15, 0.2) is 27.4 Å². The molecule has 0 aliphatic heterocycles. The van der Waals surface area contributed by atoms with Crippen molar-refractivity contribution in [3.63, 3.8) is 0 Å². The Morgan fingerprint density at radius 2 is 2.29 bits per heavy atom. The molecular weight excluding hydrogens is 280 g/mol. The first-order chi connectivity index (χ1) is 6.68. The quantitative estimate of drug-likeness (QED) is 0.887. The van der Waals surface area contributed by atoms with Crippen LogP contribution in [0.4, 0.5) is 0 Å². The smallest absolute Gasteiger partial charge is 0.114 e. The minimum absolute atomic E-state index is 0.474. The van der Waals surface area contributed by atoms with Gasteiger partial charge in [0.15, 0.2) is 0 Å². The van der Waals surface area contributed by atoms with Crippen molar-refractivity contribution in [2.24, 2.45) is 0 Å². The first kappa shape index (κ1) is 10.4. The molecule has 1 unspecified atom stereocenters. The minimum atomic E-state index is -0.474. The molecule has 0 spiro atoms. The molecule has 1 nitrogen and oxygen atoms in total. The van der Waals surface area contributed by atoms with Crippen LogP contribution in [-0.4, -0.2) is 5.11 Å². The molecule has 4 heteroatoms. The summed E-state index contributed by atoms with van der Waals surface area (Å²) >= 11 is 6.66. The second kappa shape index (κ2) is 4.14. The zero-order valence-corrected chi connectivity index (χ0v) is 10.7. The Balaban J connectivity index is 2.36. The number of halogens is 1. The number of hydrogen-bond acceptors (Lipinski definition) is 3. The fraction of sp³-hybridized carbons (Fsp3) is 0.200. The molecule has 0 bridgehead atoms. The molecule has 1 atom stereocenters. The van der Waals surface area contributed by atoms with E-state index in [2.05, 4.69) is 15.9 Å². The Morgan fingerprint density at radius 1 is 1.50 bits per heavy atom. The van der Waals surface area contributed by atoms with Crippen molar-refractivity contribution in [2.45, 2.75) is 13.0 Å². The molecule has 0 aliphatic rings. The monoisotopic (exact) mass is 288 g/mol. The lowest BCUT2D eigenvalue weighted by atomic mass is 10.1. The van der Waals surface area contributed by atoms with Gasteiger partial charge in [-0.25, -0.2) is 0 Å². The van der Waals surface area contributed by atoms with Crippen LogP contribution in [-0.2, 0) is 0 Å². The molecule has 0 saturated heterocycles. The minimum Gasteiger partial charge on any atom is -0.383 e. The molecule has 2 rings (SSSR count). The molecule has 0 radical (unpaired) electrons. The van der Waals surface area contributed by atoms with E-state index >= 15 is 0 Å². The molecule has 0 saturated carbocycles. The Bertz CT molecular complexity index is 419. The summed E-state index contributed by atoms with van der Waals surface area (Å²) in [5.74, 6) is 0. The van der Waals surface area contributed by atoms with Crippen LogP contribution < -0.4 is 0 Å². The lowest BCUT2D eigenvalue weighted by Gasteiger charge is -2.07. The lowest BCUT2D eigenvalue weighted by molar-refractivity contribution is 0.224. The molecule has 0 aromatic carbocycles. The van der Waals surface area contributed by atoms with Crippen LogP contribution in [0, 0.1) is 6.92 Å². The SMILES string of the molecule is Cc1sc(Br)cc1C(O)c1cccs1. The van der Waals surface area contributed by atoms with Gasteiger partial charge in [-0.15, -0.1) is 22.7 Å². The molecule has 1 N–H and O–H groups in total. The summed E-state index contributed by atoms with van der Waals surface area (Å²) in [7, 11) is 0. The summed E-state index contributed by atoms with van der Waals surface area (Å²) in [4.78, 5) is 2.16. The number of thiophene rings is 2. The zero-order valence-electron chi connectivity index (χ0n) is 7.53. The van der Waals surface area contributed by atoms with E-state index in [1.807, 2.05) is 30.5 Å². The van der Waals surface area contributed by atoms with Crippen molar-refractivity contribution in [1.29, 1.82) is 0 Å². The van der Waals surface area contributed by atoms with Crippen molar-refractivity contribution in [1.82, 2.24) is 0 Å². The normalized spacial score (nSPS) is 13.1. The second-order valence-corrected chi connectivity index (χ2v) is 6.59. The third kappa shape index (κ3) is 1.93. The number of aliphatic hydroxyl groups is 1. The van der Waals surface area contributed by atoms with E-state index in [0.29, 0.717) is 0 Å². The van der Waals surface area contributed by atoms with Crippen molar-refractivity contribution in [3.8, 4) is 0 Å². The number of aryl methyl sites for hydroxylation is 1. The van der Waals surface area contributed by atoms with E-state index in [1.54, 1.807) is 22.7 Å². The Morgan fingerprint density at radius 3 is 2.79 bits per heavy atom.